The van der Waals surface area contributed by atoms with Gasteiger partial charge in [-0.05, 0) is 145 Å². The summed E-state index contributed by atoms with van der Waals surface area (Å²) in [6, 6.07) is 76.9. The van der Waals surface area contributed by atoms with Gasteiger partial charge in [-0.3, -0.25) is 0 Å². The third-order valence-electron chi connectivity index (χ3n) is 29.8. The maximum Gasteiger partial charge on any atom is 0.129 e. The van der Waals surface area contributed by atoms with Crippen molar-refractivity contribution in [3.63, 3.8) is 0 Å². The van der Waals surface area contributed by atoms with Gasteiger partial charge in [-0.25, -0.2) is 0 Å². The van der Waals surface area contributed by atoms with Gasteiger partial charge in [-0.2, -0.15) is 0 Å². The van der Waals surface area contributed by atoms with Crippen LogP contribution in [0.2, 0.25) is 0 Å². The number of nitrogens with zero attached hydrogens (tertiary/aromatic N) is 12. The van der Waals surface area contributed by atoms with Crippen LogP contribution in [0.5, 0.6) is 5.75 Å². The average molecular weight is 2380 g/mol. The smallest absolute Gasteiger partial charge is 0.129 e. The molecule has 17 nitrogen and oxygen atoms in total. The highest BCUT2D eigenvalue weighted by atomic mass is 79.9. The Morgan fingerprint density at radius 2 is 0.574 bits per heavy atom. The number of benzene rings is 8. The van der Waals surface area contributed by atoms with Crippen LogP contribution >= 0.6 is 0 Å². The van der Waals surface area contributed by atoms with E-state index in [1.54, 1.807) is 12.1 Å². The molecule has 0 saturated carbocycles. The van der Waals surface area contributed by atoms with E-state index in [1.165, 1.54) is 243 Å². The van der Waals surface area contributed by atoms with Crippen LogP contribution in [-0.2, 0) is 39.3 Å². The number of quaternary nitrogens is 12. The van der Waals surface area contributed by atoms with Gasteiger partial charge in [0.2, 0.25) is 0 Å². The van der Waals surface area contributed by atoms with Crippen LogP contribution in [0, 0.1) is 0 Å². The molecule has 842 valence electrons. The molecule has 0 fully saturated rings. The lowest BCUT2D eigenvalue weighted by Gasteiger charge is -2.41. The Bertz CT molecular complexity index is 4510. The van der Waals surface area contributed by atoms with Crippen molar-refractivity contribution < 1.29 is 164 Å². The molecular weight excluding hydrogens is 2160 g/mol. The first-order chi connectivity index (χ1) is 67.9. The van der Waals surface area contributed by atoms with Crippen molar-refractivity contribution in [3.05, 3.63) is 308 Å². The minimum absolute atomic E-state index is 0. The van der Waals surface area contributed by atoms with Gasteiger partial charge in [0, 0.05) is 58.2 Å². The number of aromatic hydroxyl groups is 1. The molecule has 8 aromatic rings. The molecule has 0 bridgehead atoms. The molecule has 0 amide bonds. The number of unbranched alkanes of at least 4 members (excludes halogenated alkanes) is 4. The van der Waals surface area contributed by atoms with E-state index in [4.69, 9.17) is 5.11 Å². The number of hydrogen-bond acceptors (Lipinski definition) is 5. The molecule has 0 heterocycles. The largest absolute Gasteiger partial charge is 1.00 e. The van der Waals surface area contributed by atoms with Crippen molar-refractivity contribution in [1.82, 2.24) is 0 Å². The van der Waals surface area contributed by atoms with Gasteiger partial charge in [0.25, 0.3) is 0 Å². The molecule has 0 aliphatic carbocycles. The van der Waals surface area contributed by atoms with Crippen molar-refractivity contribution in [2.24, 2.45) is 0 Å². The molecule has 0 saturated heterocycles. The van der Waals surface area contributed by atoms with E-state index in [0.717, 1.165) is 105 Å². The Balaban J connectivity index is -0.000000820. The number of fused-ring (bicyclic) bond motifs is 1. The minimum Gasteiger partial charge on any atom is -1.00 e. The third kappa shape index (κ3) is 63.5. The molecule has 0 aliphatic rings. The maximum absolute atomic E-state index is 9.56. The zero-order chi connectivity index (χ0) is 107. The highest BCUT2D eigenvalue weighted by molar-refractivity contribution is 5.86. The lowest BCUT2D eigenvalue weighted by molar-refractivity contribution is -0.981. The summed E-state index contributed by atoms with van der Waals surface area (Å²) in [6.45, 7) is 71.3. The van der Waals surface area contributed by atoms with Crippen molar-refractivity contribution in [2.45, 2.75) is 178 Å². The summed E-state index contributed by atoms with van der Waals surface area (Å²) < 4.78 is 12.1. The fourth-order valence-electron chi connectivity index (χ4n) is 20.4. The highest BCUT2D eigenvalue weighted by Gasteiger charge is 2.35. The molecule has 0 aliphatic heterocycles. The second-order valence-electron chi connectivity index (χ2n) is 46.3. The summed E-state index contributed by atoms with van der Waals surface area (Å²) >= 11 is 0. The van der Waals surface area contributed by atoms with Crippen LogP contribution in [0.3, 0.4) is 0 Å². The minimum atomic E-state index is 0. The van der Waals surface area contributed by atoms with E-state index >= 15 is 0 Å². The Hall–Kier alpha value is -5.46. The predicted molar refractivity (Wildman–Crippen MR) is 619 cm³/mol. The Morgan fingerprint density at radius 3 is 0.953 bits per heavy atom. The van der Waals surface area contributed by atoms with Crippen LogP contribution < -0.4 is 84.9 Å². The van der Waals surface area contributed by atoms with Crippen molar-refractivity contribution >= 4 is 10.8 Å². The zero-order valence-electron chi connectivity index (χ0n) is 98.2. The molecule has 0 aromatic heterocycles. The van der Waals surface area contributed by atoms with E-state index in [2.05, 4.69) is 363 Å². The summed E-state index contributed by atoms with van der Waals surface area (Å²) in [7, 11) is 33.9. The molecule has 1 atom stereocenters. The van der Waals surface area contributed by atoms with E-state index in [0.29, 0.717) is 46.9 Å². The molecule has 0 radical (unpaired) electrons. The summed E-state index contributed by atoms with van der Waals surface area (Å²) in [4.78, 5) is 0. The standard InChI is InChI=1S/C24H46N2.C22H34N2.C19H36N2.C18H34N2O4.C18H34N2.C15H20N.C10H15NO.5BrH/c1-6-17-25(5,18-7-2)21-13-14-22-26(19-8-3,20-9-4)23-24-15-11-10-12-16-24;1-6-15-23(5,16-7-2)19-20-24(17-8-3,18-9-4)21-22-13-11-10-12-14-22;1-6-20(5,7-2)16-13-17-21(8-3,9-4)18-19-14-11-10-12-15-19;1-19(9-13-21,10-14-22)7-8-20(11-15-23,12-16-24)17-18-5-3-2-4-6-18;1-19(2,3)15-11-6-7-12-16-20(4,5)17-18-13-9-8-10-14-18;1-12(16(2,3)4)14-11-7-9-13-8-5-6-10-15(13)14;1-11(2,3)8-9-4-6-10(12)7-5-9;;;;;/h10-12,15-16H,6-9,13-14,17-23H2,1-5H3;6-14H,1-4,15-21H2,5H3;10-12,14-15H,6-9,13,16-18H2,1-5H3;2-6,21-24H,7-17H2,1H3;8-10,13-14H,6-7,11-12,15-17H2,1-5H3;5-12H,1-4H3;4-7H,8H2,1-3H3;5*1H/q5*+2;+1;;;;;;/p-4. The molecule has 8 rings (SSSR count). The molecule has 8 aromatic carbocycles. The first kappa shape index (κ1) is 149. The van der Waals surface area contributed by atoms with E-state index < -0.39 is 0 Å². The molecule has 148 heavy (non-hydrogen) atoms. The normalized spacial score (nSPS) is 12.1. The second kappa shape index (κ2) is 80.3. The molecule has 22 heteroatoms. The van der Waals surface area contributed by atoms with E-state index in [-0.39, 0.29) is 111 Å². The van der Waals surface area contributed by atoms with Crippen LogP contribution in [0.15, 0.2) is 269 Å². The summed E-state index contributed by atoms with van der Waals surface area (Å²) in [6.07, 6.45) is 22.8. The number of likely N-dealkylation sites (N-methyl/N-ethyl adjacent to an activating group) is 2. The number of rotatable bonds is 64. The van der Waals surface area contributed by atoms with Gasteiger partial charge in [0.1, 0.15) is 103 Å². The van der Waals surface area contributed by atoms with E-state index in [9.17, 15) is 20.4 Å². The fourth-order valence-corrected chi connectivity index (χ4v) is 20.4. The van der Waals surface area contributed by atoms with Crippen LogP contribution in [-0.4, -0.2) is 382 Å². The number of hydrogen-bond donors (Lipinski definition) is 5. The topological polar surface area (TPSA) is 101 Å². The number of phenols is 1. The first-order valence-electron chi connectivity index (χ1n) is 55.2. The van der Waals surface area contributed by atoms with Crippen LogP contribution in [0.1, 0.15) is 178 Å². The van der Waals surface area contributed by atoms with Gasteiger partial charge in [-0.15, -0.1) is 0 Å². The molecule has 0 spiro atoms. The quantitative estimate of drug-likeness (QED) is 0.0159. The van der Waals surface area contributed by atoms with Gasteiger partial charge < -0.3 is 164 Å². The van der Waals surface area contributed by atoms with Crippen molar-refractivity contribution in [1.29, 1.82) is 0 Å². The average Bonchev–Trinajstić information content (AvgIpc) is 0.795. The summed E-state index contributed by atoms with van der Waals surface area (Å²) in [5, 5.41) is 49.5. The number of halogens is 5. The molecule has 5 N–H and O–H groups in total. The Labute approximate surface area is 961 Å². The third-order valence-corrected chi connectivity index (χ3v) is 29.8. The van der Waals surface area contributed by atoms with Crippen LogP contribution in [0.4, 0.5) is 0 Å². The lowest BCUT2D eigenvalue weighted by atomic mass is 9.98. The van der Waals surface area contributed by atoms with Crippen LogP contribution in [0.25, 0.3) is 10.8 Å². The maximum atomic E-state index is 9.56. The van der Waals surface area contributed by atoms with Gasteiger partial charge >= 0.3 is 0 Å². The number of phenolic OH excluding ortho intramolecular Hbond substituents is 1. The zero-order valence-corrected chi connectivity index (χ0v) is 106. The monoisotopic (exact) mass is 2380 g/mol. The molecular formula is C126H220Br5N12O5+7. The first-order valence-corrected chi connectivity index (χ1v) is 55.2. The van der Waals surface area contributed by atoms with E-state index in [1.807, 2.05) is 61.7 Å². The van der Waals surface area contributed by atoms with Crippen molar-refractivity contribution in [3.8, 4) is 5.75 Å². The Morgan fingerprint density at radius 1 is 0.250 bits per heavy atom. The van der Waals surface area contributed by atoms with Gasteiger partial charge in [0.15, 0.2) is 0 Å². The number of aliphatic hydroxyl groups is 4. The number of aliphatic hydroxyl groups excluding tert-OH is 4. The Kier molecular flexibility index (Phi) is 80.8. The summed E-state index contributed by atoms with van der Waals surface area (Å²) in [5.74, 6) is 0.333. The lowest BCUT2D eigenvalue weighted by Crippen LogP contribution is -3.00. The van der Waals surface area contributed by atoms with Gasteiger partial charge in [0.05, 0.1) is 250 Å². The second-order valence-corrected chi connectivity index (χ2v) is 46.3. The summed E-state index contributed by atoms with van der Waals surface area (Å²) in [5.41, 5.74) is 9.66. The van der Waals surface area contributed by atoms with Gasteiger partial charge in [-0.1, -0.05) is 248 Å². The SMILES string of the molecule is C=CC[N+](C)(CC=C)CC[N+](CC=C)(CC=C)Cc1ccccc1.CC(c1cccc2ccccc12)[N+](C)(C)C.CCC[N+](C)(CCC)CCCC[N+](CCC)(CCC)Cc1ccccc1.CC[N+](C)(CC)CCC[N+](CC)(CC)Cc1ccccc1.C[N+](C)(C)CCCCCC[N+](C)(C)Cc1ccccc1.C[N+](C)(C)Cc1ccc(O)cc1.C[N+](CCO)(CCO)CC[N+](CCO)(CCO)Cc1ccccc1.[Br-].[Br-].[Br-].[Br-].[Br-]. The van der Waals surface area contributed by atoms with Crippen molar-refractivity contribution in [2.75, 3.05) is 302 Å². The fraction of sp³-hybridized carbons (Fsp3) is 0.571. The highest BCUT2D eigenvalue weighted by Crippen LogP contribution is 2.31. The predicted octanol–water partition coefficient (Wildman–Crippen LogP) is 7.16. The molecule has 1 unspecified atom stereocenters.